The van der Waals surface area contributed by atoms with Crippen molar-refractivity contribution >= 4 is 5.97 Å². The Labute approximate surface area is 108 Å². The first-order chi connectivity index (χ1) is 9.17. The molecule has 1 rings (SSSR count). The van der Waals surface area contributed by atoms with Crippen LogP contribution in [0.2, 0.25) is 0 Å². The number of hydrogen-bond acceptors (Lipinski definition) is 7. The number of aliphatic carboxylic acids is 1. The molecule has 0 saturated heterocycles. The predicted molar refractivity (Wildman–Crippen MR) is 64.3 cm³/mol. The Morgan fingerprint density at radius 3 is 2.89 bits per heavy atom. The minimum Gasteiger partial charge on any atom is -0.479 e. The summed E-state index contributed by atoms with van der Waals surface area (Å²) in [4.78, 5) is 25.4. The van der Waals surface area contributed by atoms with Crippen molar-refractivity contribution in [2.24, 2.45) is 5.18 Å². The van der Waals surface area contributed by atoms with E-state index in [2.05, 4.69) is 10.7 Å². The second kappa shape index (κ2) is 8.14. The number of carbonyl (C=O) groups is 1. The highest BCUT2D eigenvalue weighted by Gasteiger charge is 2.13. The third-order valence-electron chi connectivity index (χ3n) is 2.17. The first-order valence-corrected chi connectivity index (χ1v) is 5.39. The third kappa shape index (κ3) is 5.42. The van der Waals surface area contributed by atoms with Crippen molar-refractivity contribution in [1.29, 1.82) is 0 Å². The summed E-state index contributed by atoms with van der Waals surface area (Å²) in [7, 11) is 0. The number of hydrogen-bond donors (Lipinski definition) is 3. The Morgan fingerprint density at radius 2 is 2.26 bits per heavy atom. The van der Waals surface area contributed by atoms with Gasteiger partial charge in [-0.1, -0.05) is 17.3 Å². The Balaban J connectivity index is 2.70. The van der Waals surface area contributed by atoms with Crippen molar-refractivity contribution in [2.45, 2.75) is 6.04 Å². The molecule has 1 aromatic rings. The van der Waals surface area contributed by atoms with Gasteiger partial charge in [0.05, 0.1) is 6.04 Å². The summed E-state index contributed by atoms with van der Waals surface area (Å²) >= 11 is 0. The van der Waals surface area contributed by atoms with Crippen molar-refractivity contribution in [3.63, 3.8) is 0 Å². The Bertz CT molecular complexity index is 425. The number of nitroso groups, excluding NO2 is 1. The van der Waals surface area contributed by atoms with Crippen molar-refractivity contribution in [3.05, 3.63) is 34.7 Å². The predicted octanol–water partition coefficient (Wildman–Crippen LogP) is 0.428. The number of nitrogens with one attached hydrogen (secondary N) is 1. The number of hydroxylamine groups is 1. The number of aliphatic hydroxyl groups excluding tert-OH is 1. The lowest BCUT2D eigenvalue weighted by atomic mass is 10.1. The van der Waals surface area contributed by atoms with Crippen LogP contribution in [0.25, 0.3) is 0 Å². The SMILES string of the molecule is O=NCC(NOCC(=O)O)c1cccc(OCO)c1. The smallest absolute Gasteiger partial charge is 0.331 e. The van der Waals surface area contributed by atoms with Crippen LogP contribution in [-0.4, -0.2) is 36.1 Å². The number of benzene rings is 1. The van der Waals surface area contributed by atoms with Gasteiger partial charge in [-0.3, -0.25) is 4.84 Å². The van der Waals surface area contributed by atoms with Crippen LogP contribution in [0.5, 0.6) is 5.75 Å². The topological polar surface area (TPSA) is 117 Å². The van der Waals surface area contributed by atoms with Crippen LogP contribution in [-0.2, 0) is 9.63 Å². The van der Waals surface area contributed by atoms with Crippen LogP contribution in [0.15, 0.2) is 29.4 Å². The van der Waals surface area contributed by atoms with E-state index >= 15 is 0 Å². The maximum Gasteiger partial charge on any atom is 0.331 e. The fraction of sp³-hybridized carbons (Fsp3) is 0.364. The van der Waals surface area contributed by atoms with Crippen molar-refractivity contribution in [1.82, 2.24) is 5.48 Å². The molecule has 1 aromatic carbocycles. The lowest BCUT2D eigenvalue weighted by Gasteiger charge is -2.16. The standard InChI is InChI=1S/C11H14N2O6/c14-7-18-9-3-1-2-8(4-9)10(5-12-17)13-19-6-11(15)16/h1-4,10,13-14H,5-7H2,(H,15,16). The molecule has 0 amide bonds. The Morgan fingerprint density at radius 1 is 1.47 bits per heavy atom. The molecule has 0 fully saturated rings. The third-order valence-corrected chi connectivity index (χ3v) is 2.17. The highest BCUT2D eigenvalue weighted by Crippen LogP contribution is 2.19. The summed E-state index contributed by atoms with van der Waals surface area (Å²) in [5, 5.41) is 19.9. The van der Waals surface area contributed by atoms with Gasteiger partial charge in [-0.25, -0.2) is 4.79 Å². The maximum absolute atomic E-state index is 10.4. The monoisotopic (exact) mass is 270 g/mol. The maximum atomic E-state index is 10.4. The molecule has 8 nitrogen and oxygen atoms in total. The van der Waals surface area contributed by atoms with Gasteiger partial charge in [0.15, 0.2) is 13.4 Å². The summed E-state index contributed by atoms with van der Waals surface area (Å²) < 4.78 is 4.90. The zero-order valence-electron chi connectivity index (χ0n) is 9.98. The molecule has 3 N–H and O–H groups in total. The minimum absolute atomic E-state index is 0.137. The molecule has 1 atom stereocenters. The normalized spacial score (nSPS) is 11.8. The van der Waals surface area contributed by atoms with Crippen molar-refractivity contribution < 1.29 is 24.6 Å². The summed E-state index contributed by atoms with van der Waals surface area (Å²) in [5.74, 6) is -0.724. The zero-order valence-corrected chi connectivity index (χ0v) is 9.98. The molecule has 0 aliphatic rings. The molecule has 0 spiro atoms. The molecule has 0 radical (unpaired) electrons. The quantitative estimate of drug-likeness (QED) is 0.338. The lowest BCUT2D eigenvalue weighted by Crippen LogP contribution is -2.26. The van der Waals surface area contributed by atoms with E-state index in [4.69, 9.17) is 19.8 Å². The van der Waals surface area contributed by atoms with Crippen LogP contribution < -0.4 is 10.2 Å². The van der Waals surface area contributed by atoms with Gasteiger partial charge in [0.1, 0.15) is 12.3 Å². The minimum atomic E-state index is -1.14. The average molecular weight is 270 g/mol. The van der Waals surface area contributed by atoms with Crippen LogP contribution in [0.4, 0.5) is 0 Å². The van der Waals surface area contributed by atoms with E-state index in [1.165, 1.54) is 0 Å². The largest absolute Gasteiger partial charge is 0.479 e. The second-order valence-electron chi connectivity index (χ2n) is 3.51. The number of carboxylic acid groups (broad SMARTS) is 1. The van der Waals surface area contributed by atoms with E-state index in [0.29, 0.717) is 11.3 Å². The van der Waals surface area contributed by atoms with E-state index in [1.807, 2.05) is 0 Å². The molecule has 0 heterocycles. The molecule has 104 valence electrons. The van der Waals surface area contributed by atoms with Gasteiger partial charge in [0, 0.05) is 0 Å². The van der Waals surface area contributed by atoms with Gasteiger partial charge in [-0.15, -0.1) is 0 Å². The molecule has 0 saturated carbocycles. The first-order valence-electron chi connectivity index (χ1n) is 5.39. The van der Waals surface area contributed by atoms with E-state index in [9.17, 15) is 9.70 Å². The summed E-state index contributed by atoms with van der Waals surface area (Å²) in [6, 6.07) is 5.97. The van der Waals surface area contributed by atoms with E-state index < -0.39 is 25.4 Å². The van der Waals surface area contributed by atoms with E-state index in [-0.39, 0.29) is 6.54 Å². The highest BCUT2D eigenvalue weighted by molar-refractivity contribution is 5.67. The molecular weight excluding hydrogens is 256 g/mol. The Kier molecular flexibility index (Phi) is 6.44. The second-order valence-corrected chi connectivity index (χ2v) is 3.51. The van der Waals surface area contributed by atoms with E-state index in [0.717, 1.165) is 0 Å². The van der Waals surface area contributed by atoms with Crippen LogP contribution in [0.3, 0.4) is 0 Å². The van der Waals surface area contributed by atoms with Gasteiger partial charge in [-0.2, -0.15) is 10.4 Å². The van der Waals surface area contributed by atoms with Crippen molar-refractivity contribution in [2.75, 3.05) is 19.9 Å². The van der Waals surface area contributed by atoms with Crippen LogP contribution >= 0.6 is 0 Å². The molecule has 19 heavy (non-hydrogen) atoms. The summed E-state index contributed by atoms with van der Waals surface area (Å²) in [5.41, 5.74) is 3.07. The number of carboxylic acids is 1. The van der Waals surface area contributed by atoms with Gasteiger partial charge in [0.2, 0.25) is 0 Å². The molecule has 0 aromatic heterocycles. The average Bonchev–Trinajstić information content (AvgIpc) is 2.38. The fourth-order valence-electron chi connectivity index (χ4n) is 1.38. The molecular formula is C11H14N2O6. The lowest BCUT2D eigenvalue weighted by molar-refractivity contribution is -0.146. The summed E-state index contributed by atoms with van der Waals surface area (Å²) in [6.07, 6.45) is 0. The fourth-order valence-corrected chi connectivity index (χ4v) is 1.38. The number of aliphatic hydroxyl groups is 1. The van der Waals surface area contributed by atoms with Crippen LogP contribution in [0, 0.1) is 4.91 Å². The van der Waals surface area contributed by atoms with Gasteiger partial charge in [-0.05, 0) is 17.7 Å². The molecule has 1 unspecified atom stereocenters. The zero-order chi connectivity index (χ0) is 14.1. The first kappa shape index (κ1) is 15.0. The molecule has 0 aliphatic heterocycles. The Hall–Kier alpha value is -2.03. The molecule has 0 aliphatic carbocycles. The number of nitrogens with zero attached hydrogens (tertiary/aromatic N) is 1. The highest BCUT2D eigenvalue weighted by atomic mass is 16.7. The number of rotatable bonds is 9. The van der Waals surface area contributed by atoms with Gasteiger partial charge in [0.25, 0.3) is 0 Å². The molecule has 0 bridgehead atoms. The van der Waals surface area contributed by atoms with Gasteiger partial charge < -0.3 is 14.9 Å². The summed E-state index contributed by atoms with van der Waals surface area (Å²) in [6.45, 7) is -1.15. The molecule has 8 heteroatoms. The van der Waals surface area contributed by atoms with Crippen LogP contribution in [0.1, 0.15) is 11.6 Å². The van der Waals surface area contributed by atoms with Gasteiger partial charge >= 0.3 is 5.97 Å². The van der Waals surface area contributed by atoms with Crippen molar-refractivity contribution in [3.8, 4) is 5.75 Å². The van der Waals surface area contributed by atoms with E-state index in [1.54, 1.807) is 24.3 Å². The number of ether oxygens (including phenoxy) is 1.